The van der Waals surface area contributed by atoms with Crippen LogP contribution in [0.4, 0.5) is 5.69 Å². The Morgan fingerprint density at radius 3 is 2.41 bits per heavy atom. The molecule has 0 heterocycles. The highest BCUT2D eigenvalue weighted by Gasteiger charge is 2.08. The van der Waals surface area contributed by atoms with Crippen molar-refractivity contribution < 1.29 is 4.79 Å². The van der Waals surface area contributed by atoms with Crippen molar-refractivity contribution in [2.45, 2.75) is 13.8 Å². The Morgan fingerprint density at radius 1 is 1.29 bits per heavy atom. The summed E-state index contributed by atoms with van der Waals surface area (Å²) in [5.41, 5.74) is 0.819. The van der Waals surface area contributed by atoms with Gasteiger partial charge in [0.1, 0.15) is 0 Å². The molecule has 0 aliphatic rings. The molecule has 0 radical (unpaired) electrons. The molecule has 5 heteroatoms. The number of hydrogen-bond acceptors (Lipinski definition) is 2. The lowest BCUT2D eigenvalue weighted by atomic mass is 10.3. The van der Waals surface area contributed by atoms with Crippen LogP contribution in [0.5, 0.6) is 0 Å². The Bertz CT molecular complexity index is 356. The number of halogens is 2. The minimum Gasteiger partial charge on any atom is -0.324 e. The molecule has 0 aromatic heterocycles. The first kappa shape index (κ1) is 16.4. The van der Waals surface area contributed by atoms with Crippen LogP contribution in [0.25, 0.3) is 0 Å². The van der Waals surface area contributed by atoms with Crippen LogP contribution in [0.1, 0.15) is 13.8 Å². The van der Waals surface area contributed by atoms with E-state index in [4.69, 9.17) is 0 Å². The maximum absolute atomic E-state index is 11.7. The molecule has 96 valence electrons. The van der Waals surface area contributed by atoms with Crippen molar-refractivity contribution in [1.82, 2.24) is 4.90 Å². The van der Waals surface area contributed by atoms with Gasteiger partial charge in [-0.05, 0) is 41.2 Å². The summed E-state index contributed by atoms with van der Waals surface area (Å²) in [7, 11) is 0. The quantitative estimate of drug-likeness (QED) is 0.903. The number of nitrogens with zero attached hydrogens (tertiary/aromatic N) is 1. The topological polar surface area (TPSA) is 32.3 Å². The number of carbonyl (C=O) groups excluding carboxylic acids is 1. The normalized spacial score (nSPS) is 9.88. The first-order valence-corrected chi connectivity index (χ1v) is 6.23. The van der Waals surface area contributed by atoms with Crippen LogP contribution in [0.15, 0.2) is 28.7 Å². The highest BCUT2D eigenvalue weighted by molar-refractivity contribution is 9.10. The summed E-state index contributed by atoms with van der Waals surface area (Å²) in [5.74, 6) is 0.0237. The van der Waals surface area contributed by atoms with Gasteiger partial charge in [-0.3, -0.25) is 9.69 Å². The van der Waals surface area contributed by atoms with Crippen molar-refractivity contribution in [3.63, 3.8) is 0 Å². The Balaban J connectivity index is 0.00000256. The second kappa shape index (κ2) is 8.50. The fraction of sp³-hybridized carbons (Fsp3) is 0.417. The molecule has 0 atom stereocenters. The van der Waals surface area contributed by atoms with Gasteiger partial charge in [-0.2, -0.15) is 0 Å². The Hall–Kier alpha value is -0.580. The van der Waals surface area contributed by atoms with Crippen molar-refractivity contribution in [1.29, 1.82) is 0 Å². The number of carbonyl (C=O) groups is 1. The molecule has 1 aromatic carbocycles. The van der Waals surface area contributed by atoms with E-state index in [1.807, 2.05) is 24.3 Å². The molecule has 0 aliphatic heterocycles. The molecule has 0 aliphatic carbocycles. The lowest BCUT2D eigenvalue weighted by Gasteiger charge is -2.17. The molecule has 0 saturated carbocycles. The molecule has 0 fully saturated rings. The van der Waals surface area contributed by atoms with Crippen LogP contribution in [-0.2, 0) is 4.79 Å². The minimum absolute atomic E-state index is 0. The summed E-state index contributed by atoms with van der Waals surface area (Å²) < 4.78 is 0.905. The number of rotatable bonds is 5. The Labute approximate surface area is 117 Å². The van der Waals surface area contributed by atoms with E-state index < -0.39 is 0 Å². The van der Waals surface area contributed by atoms with Gasteiger partial charge in [-0.25, -0.2) is 0 Å². The summed E-state index contributed by atoms with van der Waals surface area (Å²) in [5, 5.41) is 2.88. The molecular weight excluding hydrogens is 304 g/mol. The zero-order chi connectivity index (χ0) is 12.0. The molecule has 0 spiro atoms. The summed E-state index contributed by atoms with van der Waals surface area (Å²) in [6.07, 6.45) is 0. The molecular formula is C12H18BrClN2O. The third kappa shape index (κ3) is 5.52. The average molecular weight is 322 g/mol. The van der Waals surface area contributed by atoms with Gasteiger partial charge in [-0.1, -0.05) is 26.0 Å². The Morgan fingerprint density at radius 2 is 1.88 bits per heavy atom. The molecule has 0 saturated heterocycles. The smallest absolute Gasteiger partial charge is 0.238 e. The van der Waals surface area contributed by atoms with Gasteiger partial charge in [0.05, 0.1) is 12.2 Å². The van der Waals surface area contributed by atoms with Crippen molar-refractivity contribution >= 4 is 39.9 Å². The fourth-order valence-corrected chi connectivity index (χ4v) is 1.79. The predicted octanol–water partition coefficient (Wildman–Crippen LogP) is 3.15. The van der Waals surface area contributed by atoms with Gasteiger partial charge in [0.15, 0.2) is 0 Å². The summed E-state index contributed by atoms with van der Waals surface area (Å²) in [4.78, 5) is 13.8. The van der Waals surface area contributed by atoms with E-state index in [-0.39, 0.29) is 18.3 Å². The van der Waals surface area contributed by atoms with Crippen LogP contribution in [-0.4, -0.2) is 30.4 Å². The third-order valence-electron chi connectivity index (χ3n) is 2.41. The van der Waals surface area contributed by atoms with E-state index in [2.05, 4.69) is 40.0 Å². The molecule has 1 rings (SSSR count). The number of benzene rings is 1. The molecule has 1 N–H and O–H groups in total. The van der Waals surface area contributed by atoms with E-state index in [0.29, 0.717) is 6.54 Å². The number of para-hydroxylation sites is 1. The second-order valence-electron chi connectivity index (χ2n) is 3.49. The molecule has 0 unspecified atom stereocenters. The van der Waals surface area contributed by atoms with Crippen molar-refractivity contribution in [3.8, 4) is 0 Å². The van der Waals surface area contributed by atoms with Crippen LogP contribution < -0.4 is 5.32 Å². The van der Waals surface area contributed by atoms with Crippen LogP contribution in [0.2, 0.25) is 0 Å². The fourth-order valence-electron chi connectivity index (χ4n) is 1.40. The standard InChI is InChI=1S/C12H17BrN2O.ClH/c1-3-15(4-2)9-12(16)14-11-8-6-5-7-10(11)13;/h5-8H,3-4,9H2,1-2H3,(H,14,16);1H. The Kier molecular flexibility index (Phi) is 8.21. The van der Waals surface area contributed by atoms with Gasteiger partial charge >= 0.3 is 0 Å². The number of likely N-dealkylation sites (N-methyl/N-ethyl adjacent to an activating group) is 1. The minimum atomic E-state index is 0. The first-order chi connectivity index (χ1) is 7.67. The lowest BCUT2D eigenvalue weighted by Crippen LogP contribution is -2.32. The predicted molar refractivity (Wildman–Crippen MR) is 77.8 cm³/mol. The van der Waals surface area contributed by atoms with Crippen LogP contribution in [0, 0.1) is 0 Å². The van der Waals surface area contributed by atoms with E-state index in [0.717, 1.165) is 23.2 Å². The van der Waals surface area contributed by atoms with E-state index in [1.54, 1.807) is 0 Å². The van der Waals surface area contributed by atoms with Crippen molar-refractivity contribution in [2.75, 3.05) is 25.0 Å². The highest BCUT2D eigenvalue weighted by atomic mass is 79.9. The number of amides is 1. The maximum atomic E-state index is 11.7. The largest absolute Gasteiger partial charge is 0.324 e. The van der Waals surface area contributed by atoms with E-state index in [9.17, 15) is 4.79 Å². The SMILES string of the molecule is CCN(CC)CC(=O)Nc1ccccc1Br.Cl. The molecule has 17 heavy (non-hydrogen) atoms. The van der Waals surface area contributed by atoms with Crippen LogP contribution >= 0.6 is 28.3 Å². The zero-order valence-corrected chi connectivity index (χ0v) is 12.5. The molecule has 1 amide bonds. The maximum Gasteiger partial charge on any atom is 0.238 e. The molecule has 3 nitrogen and oxygen atoms in total. The number of anilines is 1. The number of nitrogens with one attached hydrogen (secondary N) is 1. The molecule has 0 bridgehead atoms. The highest BCUT2D eigenvalue weighted by Crippen LogP contribution is 2.20. The van der Waals surface area contributed by atoms with Gasteiger partial charge in [-0.15, -0.1) is 12.4 Å². The van der Waals surface area contributed by atoms with Gasteiger partial charge in [0.25, 0.3) is 0 Å². The second-order valence-corrected chi connectivity index (χ2v) is 4.34. The van der Waals surface area contributed by atoms with Crippen LogP contribution in [0.3, 0.4) is 0 Å². The molecule has 1 aromatic rings. The van der Waals surface area contributed by atoms with E-state index >= 15 is 0 Å². The van der Waals surface area contributed by atoms with Crippen molar-refractivity contribution in [3.05, 3.63) is 28.7 Å². The van der Waals surface area contributed by atoms with Crippen molar-refractivity contribution in [2.24, 2.45) is 0 Å². The van der Waals surface area contributed by atoms with Gasteiger partial charge in [0.2, 0.25) is 5.91 Å². The zero-order valence-electron chi connectivity index (χ0n) is 10.1. The van der Waals surface area contributed by atoms with Gasteiger partial charge in [0, 0.05) is 4.47 Å². The lowest BCUT2D eigenvalue weighted by molar-refractivity contribution is -0.117. The summed E-state index contributed by atoms with van der Waals surface area (Å²) in [6, 6.07) is 7.61. The first-order valence-electron chi connectivity index (χ1n) is 5.44. The van der Waals surface area contributed by atoms with E-state index in [1.165, 1.54) is 0 Å². The number of hydrogen-bond donors (Lipinski definition) is 1. The summed E-state index contributed by atoms with van der Waals surface area (Å²) in [6.45, 7) is 6.32. The third-order valence-corrected chi connectivity index (χ3v) is 3.10. The van der Waals surface area contributed by atoms with Gasteiger partial charge < -0.3 is 5.32 Å². The summed E-state index contributed by atoms with van der Waals surface area (Å²) >= 11 is 3.40. The monoisotopic (exact) mass is 320 g/mol. The average Bonchev–Trinajstić information content (AvgIpc) is 2.29.